The zero-order valence-electron chi connectivity index (χ0n) is 9.13. The number of aliphatic hydroxyl groups excluding tert-OH is 1. The molecule has 0 spiro atoms. The first kappa shape index (κ1) is 13.2. The highest BCUT2D eigenvalue weighted by Gasteiger charge is 2.22. The maximum Gasteiger partial charge on any atom is 0.407 e. The molecule has 5 nitrogen and oxygen atoms in total. The Kier molecular flexibility index (Phi) is 4.35. The Hall–Kier alpha value is -0.810. The number of alkyl carbamates (subject to hydrolysis) is 1. The van der Waals surface area contributed by atoms with E-state index in [-0.39, 0.29) is 6.54 Å². The Bertz CT molecular complexity index is 195. The van der Waals surface area contributed by atoms with Gasteiger partial charge in [0.1, 0.15) is 11.2 Å². The van der Waals surface area contributed by atoms with Gasteiger partial charge in [-0.15, -0.1) is 0 Å². The summed E-state index contributed by atoms with van der Waals surface area (Å²) in [6.45, 7) is 6.20. The van der Waals surface area contributed by atoms with Crippen LogP contribution in [-0.2, 0) is 4.74 Å². The van der Waals surface area contributed by atoms with Crippen LogP contribution in [0, 0.1) is 0 Å². The van der Waals surface area contributed by atoms with Crippen molar-refractivity contribution in [2.75, 3.05) is 13.2 Å². The lowest BCUT2D eigenvalue weighted by Gasteiger charge is -2.23. The number of aliphatic hydroxyl groups is 2. The van der Waals surface area contributed by atoms with Crippen molar-refractivity contribution >= 4 is 6.09 Å². The molecule has 0 aromatic rings. The van der Waals surface area contributed by atoms with Gasteiger partial charge in [-0.1, -0.05) is 0 Å². The van der Waals surface area contributed by atoms with E-state index in [2.05, 4.69) is 5.32 Å². The summed E-state index contributed by atoms with van der Waals surface area (Å²) in [6, 6.07) is 0. The van der Waals surface area contributed by atoms with Crippen LogP contribution >= 0.6 is 0 Å². The lowest BCUT2D eigenvalue weighted by Crippen LogP contribution is -2.44. The Morgan fingerprint density at radius 1 is 1.36 bits per heavy atom. The highest BCUT2D eigenvalue weighted by Crippen LogP contribution is 2.07. The summed E-state index contributed by atoms with van der Waals surface area (Å²) < 4.78 is 4.93. The topological polar surface area (TPSA) is 78.8 Å². The third-order valence-corrected chi connectivity index (χ3v) is 1.35. The number of nitrogens with one attached hydrogen (secondary N) is 1. The molecule has 1 atom stereocenters. The molecule has 0 aromatic carbocycles. The minimum absolute atomic E-state index is 0.0432. The molecule has 5 heteroatoms. The third-order valence-electron chi connectivity index (χ3n) is 1.35. The number of hydrogen-bond acceptors (Lipinski definition) is 4. The van der Waals surface area contributed by atoms with Gasteiger partial charge in [0.25, 0.3) is 0 Å². The minimum Gasteiger partial charge on any atom is -0.444 e. The van der Waals surface area contributed by atoms with Crippen LogP contribution in [0.4, 0.5) is 4.79 Å². The van der Waals surface area contributed by atoms with Gasteiger partial charge in [0.2, 0.25) is 0 Å². The minimum atomic E-state index is -1.31. The van der Waals surface area contributed by atoms with Gasteiger partial charge in [-0.2, -0.15) is 0 Å². The second kappa shape index (κ2) is 4.61. The third kappa shape index (κ3) is 6.68. The van der Waals surface area contributed by atoms with E-state index >= 15 is 0 Å². The smallest absolute Gasteiger partial charge is 0.407 e. The van der Waals surface area contributed by atoms with E-state index in [9.17, 15) is 9.90 Å². The number of rotatable bonds is 3. The fourth-order valence-electron chi connectivity index (χ4n) is 0.633. The molecule has 0 aliphatic carbocycles. The van der Waals surface area contributed by atoms with Gasteiger partial charge in [0.15, 0.2) is 0 Å². The molecule has 0 aliphatic rings. The largest absolute Gasteiger partial charge is 0.444 e. The zero-order valence-corrected chi connectivity index (χ0v) is 9.13. The van der Waals surface area contributed by atoms with Crippen molar-refractivity contribution in [2.45, 2.75) is 38.9 Å². The fraction of sp³-hybridized carbons (Fsp3) is 0.889. The molecule has 14 heavy (non-hydrogen) atoms. The Balaban J connectivity index is 3.87. The average Bonchev–Trinajstić information content (AvgIpc) is 1.98. The van der Waals surface area contributed by atoms with Gasteiger partial charge >= 0.3 is 6.09 Å². The van der Waals surface area contributed by atoms with Crippen molar-refractivity contribution < 1.29 is 19.7 Å². The van der Waals surface area contributed by atoms with Crippen molar-refractivity contribution in [3.63, 3.8) is 0 Å². The molecule has 0 bridgehead atoms. The Morgan fingerprint density at radius 2 is 1.86 bits per heavy atom. The molecule has 0 aromatic heterocycles. The highest BCUT2D eigenvalue weighted by molar-refractivity contribution is 5.67. The first-order chi connectivity index (χ1) is 6.16. The quantitative estimate of drug-likeness (QED) is 0.617. The molecular weight excluding hydrogens is 186 g/mol. The first-order valence-corrected chi connectivity index (χ1v) is 4.46. The van der Waals surface area contributed by atoms with Crippen LogP contribution in [0.2, 0.25) is 0 Å². The van der Waals surface area contributed by atoms with E-state index in [1.165, 1.54) is 6.92 Å². The standard InChI is InChI=1S/C9H19NO4/c1-8(2,3)14-7(12)10-5-9(4,13)6-11/h11,13H,5-6H2,1-4H3,(H,10,12)/t9-/m1/s1. The fourth-order valence-corrected chi connectivity index (χ4v) is 0.633. The van der Waals surface area contributed by atoms with Gasteiger partial charge in [-0.25, -0.2) is 4.79 Å². The van der Waals surface area contributed by atoms with Gasteiger partial charge in [-0.3, -0.25) is 0 Å². The normalized spacial score (nSPS) is 15.9. The lowest BCUT2D eigenvalue weighted by atomic mass is 10.1. The molecule has 0 heterocycles. The Morgan fingerprint density at radius 3 is 2.21 bits per heavy atom. The molecule has 0 radical (unpaired) electrons. The van der Waals surface area contributed by atoms with Crippen molar-refractivity contribution in [2.24, 2.45) is 0 Å². The van der Waals surface area contributed by atoms with Gasteiger partial charge in [0.05, 0.1) is 13.2 Å². The number of carbonyl (C=O) groups excluding carboxylic acids is 1. The maximum atomic E-state index is 11.1. The molecule has 84 valence electrons. The van der Waals surface area contributed by atoms with Crippen LogP contribution in [0.5, 0.6) is 0 Å². The SMILES string of the molecule is CC(C)(C)OC(=O)NC[C@@](C)(O)CO. The summed E-state index contributed by atoms with van der Waals surface area (Å²) >= 11 is 0. The van der Waals surface area contributed by atoms with E-state index in [1.807, 2.05) is 0 Å². The van der Waals surface area contributed by atoms with E-state index < -0.39 is 23.9 Å². The van der Waals surface area contributed by atoms with Crippen LogP contribution in [0.15, 0.2) is 0 Å². The molecule has 3 N–H and O–H groups in total. The Labute approximate surface area is 84.1 Å². The number of hydrogen-bond donors (Lipinski definition) is 3. The molecule has 0 unspecified atom stereocenters. The second-order valence-corrected chi connectivity index (χ2v) is 4.51. The number of ether oxygens (including phenoxy) is 1. The lowest BCUT2D eigenvalue weighted by molar-refractivity contribution is -0.00255. The monoisotopic (exact) mass is 205 g/mol. The van der Waals surface area contributed by atoms with Crippen molar-refractivity contribution in [3.8, 4) is 0 Å². The van der Waals surface area contributed by atoms with Gasteiger partial charge in [-0.05, 0) is 27.7 Å². The number of carbonyl (C=O) groups is 1. The summed E-state index contributed by atoms with van der Waals surface area (Å²) in [5, 5.41) is 20.4. The molecule has 0 aliphatic heterocycles. The van der Waals surface area contributed by atoms with Gasteiger partial charge < -0.3 is 20.3 Å². The zero-order chi connectivity index (χ0) is 11.4. The van der Waals surface area contributed by atoms with Crippen LogP contribution in [0.1, 0.15) is 27.7 Å². The number of amides is 1. The van der Waals surface area contributed by atoms with Crippen molar-refractivity contribution in [3.05, 3.63) is 0 Å². The molecule has 0 saturated heterocycles. The van der Waals surface area contributed by atoms with Crippen LogP contribution in [0.25, 0.3) is 0 Å². The van der Waals surface area contributed by atoms with E-state index in [0.29, 0.717) is 0 Å². The summed E-state index contributed by atoms with van der Waals surface area (Å²) in [7, 11) is 0. The summed E-state index contributed by atoms with van der Waals surface area (Å²) in [4.78, 5) is 11.1. The predicted molar refractivity (Wildman–Crippen MR) is 51.9 cm³/mol. The van der Waals surface area contributed by atoms with E-state index in [0.717, 1.165) is 0 Å². The first-order valence-electron chi connectivity index (χ1n) is 4.46. The molecule has 0 fully saturated rings. The summed E-state index contributed by atoms with van der Waals surface area (Å²) in [5.41, 5.74) is -1.87. The summed E-state index contributed by atoms with van der Waals surface area (Å²) in [6.07, 6.45) is -0.605. The van der Waals surface area contributed by atoms with E-state index in [4.69, 9.17) is 9.84 Å². The van der Waals surface area contributed by atoms with E-state index in [1.54, 1.807) is 20.8 Å². The summed E-state index contributed by atoms with van der Waals surface area (Å²) in [5.74, 6) is 0. The maximum absolute atomic E-state index is 11.1. The molecule has 1 amide bonds. The van der Waals surface area contributed by atoms with Crippen molar-refractivity contribution in [1.82, 2.24) is 5.32 Å². The van der Waals surface area contributed by atoms with Crippen LogP contribution < -0.4 is 5.32 Å². The van der Waals surface area contributed by atoms with Crippen LogP contribution in [0.3, 0.4) is 0 Å². The molecule has 0 saturated carbocycles. The van der Waals surface area contributed by atoms with Gasteiger partial charge in [0, 0.05) is 0 Å². The molecule has 0 rings (SSSR count). The predicted octanol–water partition coefficient (Wildman–Crippen LogP) is 0.254. The second-order valence-electron chi connectivity index (χ2n) is 4.51. The average molecular weight is 205 g/mol. The highest BCUT2D eigenvalue weighted by atomic mass is 16.6. The van der Waals surface area contributed by atoms with Crippen molar-refractivity contribution in [1.29, 1.82) is 0 Å². The molecular formula is C9H19NO4. The van der Waals surface area contributed by atoms with Crippen LogP contribution in [-0.4, -0.2) is 40.7 Å².